The molecule has 27 heavy (non-hydrogen) atoms. The highest BCUT2D eigenvalue weighted by molar-refractivity contribution is 6.09. The summed E-state index contributed by atoms with van der Waals surface area (Å²) in [4.78, 5) is 27.4. The van der Waals surface area contributed by atoms with E-state index in [1.807, 2.05) is 73.7 Å². The molecule has 0 radical (unpaired) electrons. The van der Waals surface area contributed by atoms with Gasteiger partial charge in [0, 0.05) is 11.6 Å². The van der Waals surface area contributed by atoms with Gasteiger partial charge in [-0.3, -0.25) is 14.5 Å². The number of carbonyl (C=O) groups excluding carboxylic acids is 2. The van der Waals surface area contributed by atoms with Gasteiger partial charge in [0.2, 0.25) is 0 Å². The molecular weight excluding hydrogens is 334 g/mol. The van der Waals surface area contributed by atoms with E-state index in [1.54, 1.807) is 30.3 Å². The first kappa shape index (κ1) is 18.3. The Kier molecular flexibility index (Phi) is 5.95. The van der Waals surface area contributed by atoms with Crippen molar-refractivity contribution in [1.29, 1.82) is 0 Å². The van der Waals surface area contributed by atoms with Gasteiger partial charge < -0.3 is 0 Å². The zero-order valence-corrected chi connectivity index (χ0v) is 15.2. The molecule has 3 aromatic carbocycles. The van der Waals surface area contributed by atoms with E-state index < -0.39 is 0 Å². The SMILES string of the molecule is CC(c1ccccc1)N(C(=O)/C=C/c1ccccc1)C(=O)c1ccccc1. The van der Waals surface area contributed by atoms with E-state index >= 15 is 0 Å². The smallest absolute Gasteiger partial charge is 0.261 e. The highest BCUT2D eigenvalue weighted by atomic mass is 16.2. The van der Waals surface area contributed by atoms with Crippen molar-refractivity contribution in [3.8, 4) is 0 Å². The molecule has 0 aliphatic heterocycles. The molecule has 0 saturated carbocycles. The zero-order valence-electron chi connectivity index (χ0n) is 15.2. The van der Waals surface area contributed by atoms with Crippen LogP contribution in [0.5, 0.6) is 0 Å². The Bertz CT molecular complexity index is 918. The molecular formula is C24H21NO2. The molecule has 0 spiro atoms. The predicted octanol–water partition coefficient (Wildman–Crippen LogP) is 5.13. The van der Waals surface area contributed by atoms with E-state index in [9.17, 15) is 9.59 Å². The van der Waals surface area contributed by atoms with Crippen LogP contribution in [-0.2, 0) is 4.79 Å². The third-order valence-corrected chi connectivity index (χ3v) is 4.36. The molecule has 0 aliphatic rings. The Hall–Kier alpha value is -3.46. The number of amides is 2. The normalized spacial score (nSPS) is 11.9. The minimum absolute atomic E-state index is 0.310. The Morgan fingerprint density at radius 1 is 0.778 bits per heavy atom. The van der Waals surface area contributed by atoms with Crippen molar-refractivity contribution in [3.63, 3.8) is 0 Å². The molecule has 3 aromatic rings. The lowest BCUT2D eigenvalue weighted by molar-refractivity contribution is -0.125. The molecule has 0 N–H and O–H groups in total. The van der Waals surface area contributed by atoms with Crippen molar-refractivity contribution < 1.29 is 9.59 Å². The summed E-state index contributed by atoms with van der Waals surface area (Å²) in [7, 11) is 0. The number of nitrogens with zero attached hydrogens (tertiary/aromatic N) is 1. The summed E-state index contributed by atoms with van der Waals surface area (Å²) in [5.74, 6) is -0.654. The van der Waals surface area contributed by atoms with Crippen LogP contribution in [0.3, 0.4) is 0 Å². The second-order valence-corrected chi connectivity index (χ2v) is 6.21. The van der Waals surface area contributed by atoms with E-state index in [0.29, 0.717) is 5.56 Å². The van der Waals surface area contributed by atoms with Crippen LogP contribution >= 0.6 is 0 Å². The van der Waals surface area contributed by atoms with Crippen molar-refractivity contribution in [1.82, 2.24) is 4.90 Å². The van der Waals surface area contributed by atoms with Gasteiger partial charge >= 0.3 is 0 Å². The topological polar surface area (TPSA) is 37.4 Å². The Labute approximate surface area is 159 Å². The fourth-order valence-electron chi connectivity index (χ4n) is 2.88. The van der Waals surface area contributed by atoms with Gasteiger partial charge in [-0.25, -0.2) is 0 Å². The van der Waals surface area contributed by atoms with Crippen LogP contribution in [0.1, 0.15) is 34.5 Å². The lowest BCUT2D eigenvalue weighted by Crippen LogP contribution is -2.38. The van der Waals surface area contributed by atoms with E-state index in [4.69, 9.17) is 0 Å². The molecule has 0 aliphatic carbocycles. The number of hydrogen-bond donors (Lipinski definition) is 0. The molecule has 1 unspecified atom stereocenters. The summed E-state index contributed by atoms with van der Waals surface area (Å²) in [6, 6.07) is 27.6. The van der Waals surface area contributed by atoms with Gasteiger partial charge in [0.1, 0.15) is 0 Å². The number of hydrogen-bond acceptors (Lipinski definition) is 2. The summed E-state index contributed by atoms with van der Waals surface area (Å²) in [5, 5.41) is 0. The molecule has 0 saturated heterocycles. The summed E-state index contributed by atoms with van der Waals surface area (Å²) in [6.45, 7) is 1.87. The van der Waals surface area contributed by atoms with Crippen molar-refractivity contribution in [3.05, 3.63) is 114 Å². The Morgan fingerprint density at radius 2 is 1.30 bits per heavy atom. The first-order valence-corrected chi connectivity index (χ1v) is 8.87. The first-order chi connectivity index (χ1) is 13.2. The summed E-state index contributed by atoms with van der Waals surface area (Å²) >= 11 is 0. The van der Waals surface area contributed by atoms with Crippen molar-refractivity contribution in [2.75, 3.05) is 0 Å². The maximum Gasteiger partial charge on any atom is 0.261 e. The average molecular weight is 355 g/mol. The van der Waals surface area contributed by atoms with Crippen LogP contribution in [0.15, 0.2) is 97.1 Å². The molecule has 134 valence electrons. The predicted molar refractivity (Wildman–Crippen MR) is 108 cm³/mol. The van der Waals surface area contributed by atoms with Gasteiger partial charge in [0.15, 0.2) is 0 Å². The van der Waals surface area contributed by atoms with Gasteiger partial charge in [-0.2, -0.15) is 0 Å². The lowest BCUT2D eigenvalue weighted by Gasteiger charge is -2.27. The van der Waals surface area contributed by atoms with E-state index in [0.717, 1.165) is 11.1 Å². The highest BCUT2D eigenvalue weighted by Gasteiger charge is 2.27. The summed E-state index contributed by atoms with van der Waals surface area (Å²) in [5.41, 5.74) is 2.30. The lowest BCUT2D eigenvalue weighted by atomic mass is 10.0. The fraction of sp³-hybridized carbons (Fsp3) is 0.0833. The highest BCUT2D eigenvalue weighted by Crippen LogP contribution is 2.23. The summed E-state index contributed by atoms with van der Waals surface area (Å²) in [6.07, 6.45) is 3.18. The van der Waals surface area contributed by atoms with Crippen molar-refractivity contribution >= 4 is 17.9 Å². The van der Waals surface area contributed by atoms with Crippen molar-refractivity contribution in [2.45, 2.75) is 13.0 Å². The Balaban J connectivity index is 1.93. The Morgan fingerprint density at radius 3 is 1.89 bits per heavy atom. The van der Waals surface area contributed by atoms with Gasteiger partial charge in [-0.05, 0) is 36.3 Å². The molecule has 0 aromatic heterocycles. The van der Waals surface area contributed by atoms with Crippen LogP contribution < -0.4 is 0 Å². The van der Waals surface area contributed by atoms with Gasteiger partial charge in [0.05, 0.1) is 6.04 Å². The summed E-state index contributed by atoms with van der Waals surface area (Å²) < 4.78 is 0. The van der Waals surface area contributed by atoms with Crippen LogP contribution in [0.4, 0.5) is 0 Å². The standard InChI is InChI=1S/C24H21NO2/c1-19(21-13-7-3-8-14-21)25(24(27)22-15-9-4-10-16-22)23(26)18-17-20-11-5-2-6-12-20/h2-19H,1H3/b18-17+. The molecule has 3 rings (SSSR count). The van der Waals surface area contributed by atoms with Gasteiger partial charge in [-0.1, -0.05) is 78.9 Å². The zero-order chi connectivity index (χ0) is 19.1. The second-order valence-electron chi connectivity index (χ2n) is 6.21. The van der Waals surface area contributed by atoms with Crippen LogP contribution in [0.2, 0.25) is 0 Å². The molecule has 0 bridgehead atoms. The number of rotatable bonds is 5. The minimum atomic E-state index is -0.383. The van der Waals surface area contributed by atoms with Crippen LogP contribution in [-0.4, -0.2) is 16.7 Å². The maximum atomic E-state index is 13.1. The number of imide groups is 1. The quantitative estimate of drug-likeness (QED) is 0.595. The monoisotopic (exact) mass is 355 g/mol. The molecule has 3 heteroatoms. The minimum Gasteiger partial charge on any atom is -0.269 e. The third-order valence-electron chi connectivity index (χ3n) is 4.36. The average Bonchev–Trinajstić information content (AvgIpc) is 2.74. The second kappa shape index (κ2) is 8.77. The van der Waals surface area contributed by atoms with Crippen LogP contribution in [0, 0.1) is 0 Å². The molecule has 2 amide bonds. The molecule has 0 fully saturated rings. The van der Waals surface area contributed by atoms with E-state index in [1.165, 1.54) is 11.0 Å². The molecule has 1 atom stereocenters. The largest absolute Gasteiger partial charge is 0.269 e. The van der Waals surface area contributed by atoms with Crippen LogP contribution in [0.25, 0.3) is 6.08 Å². The van der Waals surface area contributed by atoms with Gasteiger partial charge in [0.25, 0.3) is 11.8 Å². The van der Waals surface area contributed by atoms with E-state index in [2.05, 4.69) is 0 Å². The molecule has 0 heterocycles. The van der Waals surface area contributed by atoms with E-state index in [-0.39, 0.29) is 17.9 Å². The third kappa shape index (κ3) is 4.59. The number of carbonyl (C=O) groups is 2. The molecule has 3 nitrogen and oxygen atoms in total. The van der Waals surface area contributed by atoms with Gasteiger partial charge in [-0.15, -0.1) is 0 Å². The maximum absolute atomic E-state index is 13.1. The fourth-order valence-corrected chi connectivity index (χ4v) is 2.88. The first-order valence-electron chi connectivity index (χ1n) is 8.87. The number of benzene rings is 3. The van der Waals surface area contributed by atoms with Crippen molar-refractivity contribution in [2.24, 2.45) is 0 Å².